The van der Waals surface area contributed by atoms with Crippen LogP contribution in [0.1, 0.15) is 21.0 Å². The molecular weight excluding hydrogens is 236 g/mol. The molecule has 5 heteroatoms. The van der Waals surface area contributed by atoms with Crippen molar-refractivity contribution in [3.05, 3.63) is 46.7 Å². The molecule has 0 saturated heterocycles. The monoisotopic (exact) mass is 244 g/mol. The number of carbonyl (C=O) groups excluding carboxylic acids is 1. The number of benzene rings is 1. The molecule has 1 aromatic carbocycles. The molecule has 0 N–H and O–H groups in total. The Kier molecular flexibility index (Phi) is 2.26. The number of fused-ring (bicyclic) bond motifs is 1. The van der Waals surface area contributed by atoms with E-state index >= 15 is 0 Å². The third kappa shape index (κ3) is 1.74. The lowest BCUT2D eigenvalue weighted by molar-refractivity contribution is 0.101. The van der Waals surface area contributed by atoms with E-state index in [1.54, 1.807) is 6.07 Å². The number of carbonyl (C=O) groups is 1. The van der Waals surface area contributed by atoms with Crippen LogP contribution in [-0.2, 0) is 0 Å². The number of hydrogen-bond donors (Lipinski definition) is 0. The molecule has 84 valence electrons. The predicted molar refractivity (Wildman–Crippen MR) is 64.3 cm³/mol. The van der Waals surface area contributed by atoms with Gasteiger partial charge in [-0.3, -0.25) is 4.79 Å². The van der Waals surface area contributed by atoms with Crippen molar-refractivity contribution in [2.45, 2.75) is 6.92 Å². The van der Waals surface area contributed by atoms with Gasteiger partial charge in [-0.2, -0.15) is 0 Å². The van der Waals surface area contributed by atoms with Gasteiger partial charge in [-0.05, 0) is 36.7 Å². The zero-order valence-corrected chi connectivity index (χ0v) is 9.82. The summed E-state index contributed by atoms with van der Waals surface area (Å²) in [6.07, 6.45) is 1.45. The van der Waals surface area contributed by atoms with Crippen LogP contribution in [0.25, 0.3) is 11.0 Å². The molecule has 0 spiro atoms. The van der Waals surface area contributed by atoms with Gasteiger partial charge in [0.05, 0.1) is 6.20 Å². The minimum Gasteiger partial charge on any atom is -0.453 e. The molecule has 0 aliphatic heterocycles. The summed E-state index contributed by atoms with van der Waals surface area (Å²) in [6.45, 7) is 2.00. The van der Waals surface area contributed by atoms with Crippen LogP contribution in [0.2, 0.25) is 0 Å². The molecule has 2 aromatic heterocycles. The molecule has 17 heavy (non-hydrogen) atoms. The molecule has 4 nitrogen and oxygen atoms in total. The first-order chi connectivity index (χ1) is 8.24. The normalized spacial score (nSPS) is 10.9. The number of aromatic nitrogens is 2. The van der Waals surface area contributed by atoms with Gasteiger partial charge in [0.25, 0.3) is 0 Å². The van der Waals surface area contributed by atoms with Gasteiger partial charge in [0.15, 0.2) is 5.76 Å². The molecule has 0 bridgehead atoms. The van der Waals surface area contributed by atoms with Crippen LogP contribution in [0.3, 0.4) is 0 Å². The van der Waals surface area contributed by atoms with Crippen LogP contribution in [0.4, 0.5) is 0 Å². The highest BCUT2D eigenvalue weighted by Gasteiger charge is 2.16. The molecule has 2 heterocycles. The first kappa shape index (κ1) is 10.2. The lowest BCUT2D eigenvalue weighted by Gasteiger charge is -1.90. The number of hydrogen-bond acceptors (Lipinski definition) is 5. The molecule has 3 aromatic rings. The van der Waals surface area contributed by atoms with Gasteiger partial charge in [-0.25, -0.2) is 0 Å². The van der Waals surface area contributed by atoms with E-state index in [-0.39, 0.29) is 5.78 Å². The Balaban J connectivity index is 2.09. The number of aryl methyl sites for hydroxylation is 1. The maximum atomic E-state index is 12.0. The van der Waals surface area contributed by atoms with Gasteiger partial charge >= 0.3 is 0 Å². The molecule has 0 saturated carbocycles. The van der Waals surface area contributed by atoms with E-state index < -0.39 is 0 Å². The Morgan fingerprint density at radius 1 is 1.35 bits per heavy atom. The van der Waals surface area contributed by atoms with E-state index in [9.17, 15) is 4.79 Å². The maximum Gasteiger partial charge on any atom is 0.241 e. The van der Waals surface area contributed by atoms with Crippen molar-refractivity contribution in [1.29, 1.82) is 0 Å². The van der Waals surface area contributed by atoms with Crippen LogP contribution in [-0.4, -0.2) is 15.4 Å². The zero-order chi connectivity index (χ0) is 11.8. The number of nitrogens with zero attached hydrogens (tertiary/aromatic N) is 2. The summed E-state index contributed by atoms with van der Waals surface area (Å²) >= 11 is 1.07. The van der Waals surface area contributed by atoms with Gasteiger partial charge < -0.3 is 4.42 Å². The molecule has 3 rings (SSSR count). The Labute approximate surface area is 101 Å². The largest absolute Gasteiger partial charge is 0.453 e. The molecule has 0 radical (unpaired) electrons. The highest BCUT2D eigenvalue weighted by Crippen LogP contribution is 2.23. The Bertz CT molecular complexity index is 686. The summed E-state index contributed by atoms with van der Waals surface area (Å²) in [5, 5.41) is 4.58. The molecule has 0 unspecified atom stereocenters. The Morgan fingerprint density at radius 2 is 2.24 bits per heavy atom. The van der Waals surface area contributed by atoms with Crippen molar-refractivity contribution in [3.8, 4) is 0 Å². The van der Waals surface area contributed by atoms with E-state index in [1.165, 1.54) is 6.20 Å². The van der Waals surface area contributed by atoms with Crippen molar-refractivity contribution in [3.63, 3.8) is 0 Å². The van der Waals surface area contributed by atoms with Gasteiger partial charge in [-0.15, -0.1) is 5.10 Å². The van der Waals surface area contributed by atoms with Crippen LogP contribution < -0.4 is 0 Å². The standard InChI is InChI=1S/C12H8N2O2S/c1-7-2-3-9-8(4-7)5-10(16-9)12(15)11-6-13-14-17-11/h2-6H,1H3. The van der Waals surface area contributed by atoms with E-state index in [0.29, 0.717) is 10.6 Å². The van der Waals surface area contributed by atoms with Gasteiger partial charge in [0.1, 0.15) is 10.5 Å². The van der Waals surface area contributed by atoms with Crippen LogP contribution in [0.15, 0.2) is 34.9 Å². The minimum atomic E-state index is -0.172. The van der Waals surface area contributed by atoms with Crippen molar-refractivity contribution in [2.24, 2.45) is 0 Å². The number of furan rings is 1. The smallest absolute Gasteiger partial charge is 0.241 e. The Hall–Kier alpha value is -2.01. The zero-order valence-electron chi connectivity index (χ0n) is 9.01. The fraction of sp³-hybridized carbons (Fsp3) is 0.0833. The second kappa shape index (κ2) is 3.78. The van der Waals surface area contributed by atoms with E-state index in [4.69, 9.17) is 4.42 Å². The SMILES string of the molecule is Cc1ccc2oc(C(=O)c3cnns3)cc2c1. The lowest BCUT2D eigenvalue weighted by atomic mass is 10.2. The fourth-order valence-electron chi connectivity index (χ4n) is 1.66. The highest BCUT2D eigenvalue weighted by molar-refractivity contribution is 7.08. The average molecular weight is 244 g/mol. The molecular formula is C12H8N2O2S. The van der Waals surface area contributed by atoms with Crippen molar-refractivity contribution in [1.82, 2.24) is 9.59 Å². The summed E-state index contributed by atoms with van der Waals surface area (Å²) in [4.78, 5) is 12.5. The van der Waals surface area contributed by atoms with Gasteiger partial charge in [-0.1, -0.05) is 16.1 Å². The quantitative estimate of drug-likeness (QED) is 0.650. The fourth-order valence-corrected chi connectivity index (χ4v) is 2.12. The summed E-state index contributed by atoms with van der Waals surface area (Å²) in [7, 11) is 0. The summed E-state index contributed by atoms with van der Waals surface area (Å²) < 4.78 is 9.18. The number of ketones is 1. The second-order valence-electron chi connectivity index (χ2n) is 3.76. The third-order valence-corrected chi connectivity index (χ3v) is 3.14. The molecule has 0 fully saturated rings. The van der Waals surface area contributed by atoms with Crippen LogP contribution >= 0.6 is 11.5 Å². The molecule has 0 aliphatic carbocycles. The minimum absolute atomic E-state index is 0.172. The average Bonchev–Trinajstić information content (AvgIpc) is 2.96. The first-order valence-electron chi connectivity index (χ1n) is 5.06. The number of rotatable bonds is 2. The Morgan fingerprint density at radius 3 is 3.00 bits per heavy atom. The highest BCUT2D eigenvalue weighted by atomic mass is 32.1. The maximum absolute atomic E-state index is 12.0. The van der Waals surface area contributed by atoms with Crippen molar-refractivity contribution < 1.29 is 9.21 Å². The van der Waals surface area contributed by atoms with E-state index in [2.05, 4.69) is 9.59 Å². The first-order valence-corrected chi connectivity index (χ1v) is 5.83. The third-order valence-electron chi connectivity index (χ3n) is 2.48. The molecule has 0 aliphatic rings. The van der Waals surface area contributed by atoms with E-state index in [1.807, 2.05) is 25.1 Å². The lowest BCUT2D eigenvalue weighted by Crippen LogP contribution is -1.95. The van der Waals surface area contributed by atoms with Crippen LogP contribution in [0, 0.1) is 6.92 Å². The summed E-state index contributed by atoms with van der Waals surface area (Å²) in [6, 6.07) is 7.56. The van der Waals surface area contributed by atoms with Crippen molar-refractivity contribution in [2.75, 3.05) is 0 Å². The van der Waals surface area contributed by atoms with Gasteiger partial charge in [0, 0.05) is 5.39 Å². The van der Waals surface area contributed by atoms with E-state index in [0.717, 1.165) is 28.1 Å². The molecule has 0 atom stereocenters. The summed E-state index contributed by atoms with van der Waals surface area (Å²) in [5.74, 6) is 0.158. The summed E-state index contributed by atoms with van der Waals surface area (Å²) in [5.41, 5.74) is 1.85. The van der Waals surface area contributed by atoms with Crippen LogP contribution in [0.5, 0.6) is 0 Å². The van der Waals surface area contributed by atoms with Gasteiger partial charge in [0.2, 0.25) is 5.78 Å². The molecule has 0 amide bonds. The van der Waals surface area contributed by atoms with Crippen molar-refractivity contribution >= 4 is 28.3 Å². The topological polar surface area (TPSA) is 56.0 Å². The predicted octanol–water partition coefficient (Wildman–Crippen LogP) is 2.82. The second-order valence-corrected chi connectivity index (χ2v) is 4.55.